The summed E-state index contributed by atoms with van der Waals surface area (Å²) in [4.78, 5) is 0. The first-order valence-corrected chi connectivity index (χ1v) is 7.53. The Morgan fingerprint density at radius 2 is 1.81 bits per heavy atom. The van der Waals surface area contributed by atoms with Crippen LogP contribution < -0.4 is 5.32 Å². The molecule has 2 aliphatic rings. The van der Waals surface area contributed by atoms with E-state index < -0.39 is 0 Å². The molecular weight excluding hydrogens is 194 g/mol. The molecule has 2 rings (SSSR count). The van der Waals surface area contributed by atoms with Gasteiger partial charge in [0.15, 0.2) is 0 Å². The monoisotopic (exact) mass is 223 g/mol. The van der Waals surface area contributed by atoms with Crippen LogP contribution in [0.2, 0.25) is 0 Å². The first-order chi connectivity index (χ1) is 7.79. The average molecular weight is 223 g/mol. The molecule has 0 bridgehead atoms. The highest BCUT2D eigenvalue weighted by Crippen LogP contribution is 2.37. The molecule has 16 heavy (non-hydrogen) atoms. The molecule has 0 aliphatic heterocycles. The van der Waals surface area contributed by atoms with Crippen LogP contribution in [0.3, 0.4) is 0 Å². The number of nitrogens with one attached hydrogen (secondary N) is 1. The molecular formula is C15H29N. The lowest BCUT2D eigenvalue weighted by molar-refractivity contribution is 0.183. The molecule has 2 aliphatic carbocycles. The Bertz CT molecular complexity index is 196. The number of rotatable bonds is 4. The maximum atomic E-state index is 3.73. The lowest BCUT2D eigenvalue weighted by Crippen LogP contribution is -2.40. The van der Waals surface area contributed by atoms with E-state index in [1.54, 1.807) is 0 Å². The predicted molar refractivity (Wildman–Crippen MR) is 70.5 cm³/mol. The summed E-state index contributed by atoms with van der Waals surface area (Å²) in [6.07, 6.45) is 11.9. The van der Waals surface area contributed by atoms with Crippen molar-refractivity contribution in [2.75, 3.05) is 6.54 Å². The second-order valence-electron chi connectivity index (χ2n) is 6.23. The Hall–Kier alpha value is -0.0400. The molecule has 0 aromatic carbocycles. The van der Waals surface area contributed by atoms with Crippen molar-refractivity contribution < 1.29 is 0 Å². The maximum Gasteiger partial charge on any atom is 0.00955 e. The Balaban J connectivity index is 1.85. The number of hydrogen-bond donors (Lipinski definition) is 1. The summed E-state index contributed by atoms with van der Waals surface area (Å²) >= 11 is 0. The zero-order chi connectivity index (χ0) is 11.4. The van der Waals surface area contributed by atoms with Crippen molar-refractivity contribution in [2.24, 2.45) is 17.8 Å². The van der Waals surface area contributed by atoms with E-state index in [0.717, 1.165) is 30.3 Å². The van der Waals surface area contributed by atoms with Gasteiger partial charge in [0.25, 0.3) is 0 Å². The van der Waals surface area contributed by atoms with Gasteiger partial charge >= 0.3 is 0 Å². The standard InChI is InChI=1S/C15H29N/c1-3-16-15-9-8-12(2)10-14(15)11-13-6-4-5-7-13/h12-16H,3-11H2,1-2H3. The lowest BCUT2D eigenvalue weighted by Gasteiger charge is -2.36. The van der Waals surface area contributed by atoms with Crippen LogP contribution in [-0.4, -0.2) is 12.6 Å². The van der Waals surface area contributed by atoms with E-state index in [4.69, 9.17) is 0 Å². The van der Waals surface area contributed by atoms with Crippen molar-refractivity contribution in [1.29, 1.82) is 0 Å². The summed E-state index contributed by atoms with van der Waals surface area (Å²) in [5.74, 6) is 3.02. The van der Waals surface area contributed by atoms with Gasteiger partial charge < -0.3 is 5.32 Å². The molecule has 0 aromatic heterocycles. The molecule has 0 spiro atoms. The fourth-order valence-electron chi connectivity index (χ4n) is 3.96. The molecule has 1 heteroatoms. The fraction of sp³-hybridized carbons (Fsp3) is 1.00. The molecule has 0 heterocycles. The van der Waals surface area contributed by atoms with Crippen LogP contribution in [0, 0.1) is 17.8 Å². The summed E-state index contributed by atoms with van der Waals surface area (Å²) in [6, 6.07) is 0.835. The van der Waals surface area contributed by atoms with Crippen molar-refractivity contribution in [3.05, 3.63) is 0 Å². The highest BCUT2D eigenvalue weighted by Gasteiger charge is 2.30. The Kier molecular flexibility index (Phi) is 4.69. The minimum Gasteiger partial charge on any atom is -0.314 e. The molecule has 1 nitrogen and oxygen atoms in total. The molecule has 3 atom stereocenters. The summed E-state index contributed by atoms with van der Waals surface area (Å²) in [7, 11) is 0. The van der Waals surface area contributed by atoms with E-state index in [-0.39, 0.29) is 0 Å². The van der Waals surface area contributed by atoms with Crippen LogP contribution >= 0.6 is 0 Å². The van der Waals surface area contributed by atoms with E-state index in [2.05, 4.69) is 19.2 Å². The van der Waals surface area contributed by atoms with Gasteiger partial charge in [0.1, 0.15) is 0 Å². The second-order valence-corrected chi connectivity index (χ2v) is 6.23. The average Bonchev–Trinajstić information content (AvgIpc) is 2.75. The summed E-state index contributed by atoms with van der Waals surface area (Å²) in [5.41, 5.74) is 0. The van der Waals surface area contributed by atoms with Crippen LogP contribution in [0.25, 0.3) is 0 Å². The van der Waals surface area contributed by atoms with Gasteiger partial charge in [0.05, 0.1) is 0 Å². The van der Waals surface area contributed by atoms with E-state index >= 15 is 0 Å². The first kappa shape index (κ1) is 12.4. The quantitative estimate of drug-likeness (QED) is 0.760. The minimum atomic E-state index is 0.835. The van der Waals surface area contributed by atoms with Crippen molar-refractivity contribution in [3.8, 4) is 0 Å². The van der Waals surface area contributed by atoms with Crippen molar-refractivity contribution >= 4 is 0 Å². The molecule has 2 saturated carbocycles. The predicted octanol–water partition coefficient (Wildman–Crippen LogP) is 3.98. The van der Waals surface area contributed by atoms with Crippen LogP contribution in [-0.2, 0) is 0 Å². The van der Waals surface area contributed by atoms with Crippen molar-refractivity contribution in [3.63, 3.8) is 0 Å². The smallest absolute Gasteiger partial charge is 0.00955 e. The van der Waals surface area contributed by atoms with Gasteiger partial charge in [-0.2, -0.15) is 0 Å². The van der Waals surface area contributed by atoms with Gasteiger partial charge in [-0.3, -0.25) is 0 Å². The molecule has 0 amide bonds. The Morgan fingerprint density at radius 3 is 2.50 bits per heavy atom. The van der Waals surface area contributed by atoms with E-state index in [1.807, 2.05) is 0 Å². The van der Waals surface area contributed by atoms with Gasteiger partial charge in [0, 0.05) is 6.04 Å². The molecule has 2 fully saturated rings. The van der Waals surface area contributed by atoms with Crippen molar-refractivity contribution in [2.45, 2.75) is 71.3 Å². The SMILES string of the molecule is CCNC1CCC(C)CC1CC1CCCC1. The number of hydrogen-bond acceptors (Lipinski definition) is 1. The van der Waals surface area contributed by atoms with Crippen LogP contribution in [0.15, 0.2) is 0 Å². The zero-order valence-corrected chi connectivity index (χ0v) is 11.2. The largest absolute Gasteiger partial charge is 0.314 e. The Labute approximate surface area is 101 Å². The normalized spacial score (nSPS) is 36.8. The van der Waals surface area contributed by atoms with Gasteiger partial charge in [-0.25, -0.2) is 0 Å². The highest BCUT2D eigenvalue weighted by molar-refractivity contribution is 4.85. The van der Waals surface area contributed by atoms with Gasteiger partial charge in [0.2, 0.25) is 0 Å². The van der Waals surface area contributed by atoms with Crippen LogP contribution in [0.5, 0.6) is 0 Å². The van der Waals surface area contributed by atoms with Gasteiger partial charge in [-0.05, 0) is 50.0 Å². The van der Waals surface area contributed by atoms with Crippen molar-refractivity contribution in [1.82, 2.24) is 5.32 Å². The molecule has 94 valence electrons. The van der Waals surface area contributed by atoms with Crippen LogP contribution in [0.1, 0.15) is 65.2 Å². The Morgan fingerprint density at radius 1 is 1.06 bits per heavy atom. The lowest BCUT2D eigenvalue weighted by atomic mass is 9.74. The minimum absolute atomic E-state index is 0.835. The van der Waals surface area contributed by atoms with E-state index in [9.17, 15) is 0 Å². The molecule has 3 unspecified atom stereocenters. The molecule has 0 aromatic rings. The third kappa shape index (κ3) is 3.23. The summed E-state index contributed by atoms with van der Waals surface area (Å²) < 4.78 is 0. The van der Waals surface area contributed by atoms with Gasteiger partial charge in [-0.1, -0.05) is 39.5 Å². The highest BCUT2D eigenvalue weighted by atomic mass is 14.9. The third-order valence-corrected chi connectivity index (χ3v) is 4.82. The molecule has 1 N–H and O–H groups in total. The van der Waals surface area contributed by atoms with Gasteiger partial charge in [-0.15, -0.1) is 0 Å². The summed E-state index contributed by atoms with van der Waals surface area (Å²) in [6.45, 7) is 5.86. The maximum absolute atomic E-state index is 3.73. The second kappa shape index (κ2) is 6.05. The topological polar surface area (TPSA) is 12.0 Å². The van der Waals surface area contributed by atoms with Crippen LogP contribution in [0.4, 0.5) is 0 Å². The molecule has 0 radical (unpaired) electrons. The van der Waals surface area contributed by atoms with E-state index in [1.165, 1.54) is 51.4 Å². The first-order valence-electron chi connectivity index (χ1n) is 7.53. The third-order valence-electron chi connectivity index (χ3n) is 4.82. The molecule has 0 saturated heterocycles. The fourth-order valence-corrected chi connectivity index (χ4v) is 3.96. The van der Waals surface area contributed by atoms with E-state index in [0.29, 0.717) is 0 Å². The zero-order valence-electron chi connectivity index (χ0n) is 11.2. The summed E-state index contributed by atoms with van der Waals surface area (Å²) in [5, 5.41) is 3.73.